The monoisotopic (exact) mass is 366 g/mol. The van der Waals surface area contributed by atoms with Crippen LogP contribution in [0, 0.1) is 6.92 Å². The highest BCUT2D eigenvalue weighted by atomic mass is 32.1. The van der Waals surface area contributed by atoms with E-state index < -0.39 is 0 Å². The Labute approximate surface area is 159 Å². The van der Waals surface area contributed by atoms with Crippen LogP contribution >= 0.6 is 11.3 Å². The molecule has 1 fully saturated rings. The van der Waals surface area contributed by atoms with Gasteiger partial charge < -0.3 is 15.2 Å². The molecule has 0 aliphatic carbocycles. The van der Waals surface area contributed by atoms with E-state index in [9.17, 15) is 0 Å². The van der Waals surface area contributed by atoms with Crippen LogP contribution in [0.2, 0.25) is 0 Å². The molecule has 1 saturated heterocycles. The Balaban J connectivity index is 1.57. The number of likely N-dealkylation sites (tertiary alicyclic amines) is 1. The average molecular weight is 367 g/mol. The van der Waals surface area contributed by atoms with Crippen LogP contribution in [0.5, 0.6) is 0 Å². The van der Waals surface area contributed by atoms with Gasteiger partial charge in [0, 0.05) is 29.2 Å². The molecule has 4 nitrogen and oxygen atoms in total. The van der Waals surface area contributed by atoms with E-state index in [1.54, 1.807) is 11.3 Å². The first-order valence-electron chi connectivity index (χ1n) is 9.30. The van der Waals surface area contributed by atoms with Gasteiger partial charge in [0.1, 0.15) is 5.84 Å². The standard InChI is InChI=1S/C21H26N4S/c1-15-13-16-14-17(23-21(22)20-6-4-12-26-20)7-8-19(16)25(15)11-9-18-5-3-10-24(18)2/h4,6-8,12-14,18H,3,5,9-11H2,1-2H3,(H2,22,23). The van der Waals surface area contributed by atoms with Crippen LogP contribution in [0.15, 0.2) is 46.8 Å². The Bertz CT molecular complexity index is 923. The van der Waals surface area contributed by atoms with Gasteiger partial charge in [-0.1, -0.05) is 6.07 Å². The molecule has 3 aromatic rings. The quantitative estimate of drug-likeness (QED) is 0.532. The van der Waals surface area contributed by atoms with Crippen molar-refractivity contribution in [3.63, 3.8) is 0 Å². The molecule has 0 saturated carbocycles. The molecule has 1 aromatic carbocycles. The van der Waals surface area contributed by atoms with Crippen LogP contribution in [-0.4, -0.2) is 34.9 Å². The van der Waals surface area contributed by atoms with Gasteiger partial charge >= 0.3 is 0 Å². The lowest BCUT2D eigenvalue weighted by atomic mass is 10.1. The number of fused-ring (bicyclic) bond motifs is 1. The summed E-state index contributed by atoms with van der Waals surface area (Å²) in [6.07, 6.45) is 3.88. The van der Waals surface area contributed by atoms with E-state index in [0.717, 1.165) is 23.2 Å². The number of amidine groups is 1. The van der Waals surface area contributed by atoms with E-state index in [0.29, 0.717) is 5.84 Å². The summed E-state index contributed by atoms with van der Waals surface area (Å²) in [5.41, 5.74) is 9.65. The zero-order valence-corrected chi connectivity index (χ0v) is 16.3. The van der Waals surface area contributed by atoms with Gasteiger partial charge in [-0.2, -0.15) is 0 Å². The molecule has 26 heavy (non-hydrogen) atoms. The van der Waals surface area contributed by atoms with Crippen molar-refractivity contribution >= 4 is 33.8 Å². The maximum atomic E-state index is 6.13. The maximum absolute atomic E-state index is 6.13. The Kier molecular flexibility index (Phi) is 4.83. The number of hydrogen-bond acceptors (Lipinski definition) is 3. The van der Waals surface area contributed by atoms with Crippen LogP contribution in [0.25, 0.3) is 10.9 Å². The topological polar surface area (TPSA) is 46.5 Å². The fourth-order valence-electron chi connectivity index (χ4n) is 4.00. The number of aromatic nitrogens is 1. The van der Waals surface area contributed by atoms with Gasteiger partial charge in [0.2, 0.25) is 0 Å². The number of nitrogens with two attached hydrogens (primary N) is 1. The predicted octanol–water partition coefficient (Wildman–Crippen LogP) is 4.53. The summed E-state index contributed by atoms with van der Waals surface area (Å²) in [6, 6.07) is 13.4. The van der Waals surface area contributed by atoms with Gasteiger partial charge in [-0.15, -0.1) is 11.3 Å². The predicted molar refractivity (Wildman–Crippen MR) is 112 cm³/mol. The lowest BCUT2D eigenvalue weighted by Gasteiger charge is -2.20. The van der Waals surface area contributed by atoms with Crippen molar-refractivity contribution in [2.24, 2.45) is 10.7 Å². The summed E-state index contributed by atoms with van der Waals surface area (Å²) in [4.78, 5) is 8.11. The minimum atomic E-state index is 0.583. The number of rotatable bonds is 5. The fourth-order valence-corrected chi connectivity index (χ4v) is 4.63. The zero-order valence-electron chi connectivity index (χ0n) is 15.5. The van der Waals surface area contributed by atoms with Gasteiger partial charge in [0.15, 0.2) is 0 Å². The Morgan fingerprint density at radius 1 is 1.31 bits per heavy atom. The molecular weight excluding hydrogens is 340 g/mol. The first-order chi connectivity index (χ1) is 12.6. The number of nitrogens with zero attached hydrogens (tertiary/aromatic N) is 3. The van der Waals surface area contributed by atoms with Crippen molar-refractivity contribution in [3.8, 4) is 0 Å². The minimum absolute atomic E-state index is 0.583. The van der Waals surface area contributed by atoms with Crippen LogP contribution in [0.4, 0.5) is 5.69 Å². The zero-order chi connectivity index (χ0) is 18.1. The van der Waals surface area contributed by atoms with Crippen LogP contribution in [0.3, 0.4) is 0 Å². The second kappa shape index (κ2) is 7.25. The van der Waals surface area contributed by atoms with Crippen LogP contribution in [0.1, 0.15) is 29.8 Å². The number of thiophene rings is 1. The Morgan fingerprint density at radius 2 is 2.19 bits per heavy atom. The second-order valence-corrected chi connectivity index (χ2v) is 8.17. The van der Waals surface area contributed by atoms with E-state index in [4.69, 9.17) is 5.73 Å². The van der Waals surface area contributed by atoms with Gasteiger partial charge in [0.05, 0.1) is 10.6 Å². The van der Waals surface area contributed by atoms with Gasteiger partial charge in [0.25, 0.3) is 0 Å². The third-order valence-electron chi connectivity index (χ3n) is 5.47. The molecule has 0 radical (unpaired) electrons. The summed E-state index contributed by atoms with van der Waals surface area (Å²) in [5.74, 6) is 0.583. The Morgan fingerprint density at radius 3 is 2.92 bits per heavy atom. The molecule has 1 atom stereocenters. The maximum Gasteiger partial charge on any atom is 0.141 e. The first kappa shape index (κ1) is 17.3. The van der Waals surface area contributed by atoms with Crippen molar-refractivity contribution in [2.75, 3.05) is 13.6 Å². The van der Waals surface area contributed by atoms with Gasteiger partial charge in [-0.25, -0.2) is 4.99 Å². The Hall–Kier alpha value is -2.11. The van der Waals surface area contributed by atoms with Crippen molar-refractivity contribution in [1.29, 1.82) is 0 Å². The first-order valence-corrected chi connectivity index (χ1v) is 10.2. The third-order valence-corrected chi connectivity index (χ3v) is 6.37. The SMILES string of the molecule is Cc1cc2cc(N=C(N)c3cccs3)ccc2n1CCC1CCCN1C. The second-order valence-electron chi connectivity index (χ2n) is 7.22. The molecule has 4 rings (SSSR count). The fraction of sp³-hybridized carbons (Fsp3) is 0.381. The summed E-state index contributed by atoms with van der Waals surface area (Å²) in [6.45, 7) is 4.51. The number of benzene rings is 1. The van der Waals surface area contributed by atoms with Crippen LogP contribution < -0.4 is 5.73 Å². The molecular formula is C21H26N4S. The highest BCUT2D eigenvalue weighted by Gasteiger charge is 2.20. The van der Waals surface area contributed by atoms with E-state index in [-0.39, 0.29) is 0 Å². The molecule has 1 aliphatic rings. The normalized spacial score (nSPS) is 18.8. The van der Waals surface area contributed by atoms with E-state index in [2.05, 4.69) is 52.7 Å². The molecule has 2 N–H and O–H groups in total. The lowest BCUT2D eigenvalue weighted by molar-refractivity contribution is 0.287. The molecule has 0 bridgehead atoms. The summed E-state index contributed by atoms with van der Waals surface area (Å²) in [7, 11) is 2.25. The van der Waals surface area contributed by atoms with Gasteiger partial charge in [-0.05, 0) is 75.5 Å². The molecule has 3 heterocycles. The molecule has 2 aromatic heterocycles. The van der Waals surface area contributed by atoms with Crippen molar-refractivity contribution in [2.45, 2.75) is 38.8 Å². The van der Waals surface area contributed by atoms with E-state index >= 15 is 0 Å². The summed E-state index contributed by atoms with van der Waals surface area (Å²) in [5, 5.41) is 3.26. The highest BCUT2D eigenvalue weighted by Crippen LogP contribution is 2.27. The largest absolute Gasteiger partial charge is 0.383 e. The highest BCUT2D eigenvalue weighted by molar-refractivity contribution is 7.12. The van der Waals surface area contributed by atoms with Crippen LogP contribution in [-0.2, 0) is 6.54 Å². The lowest BCUT2D eigenvalue weighted by Crippen LogP contribution is -2.26. The number of aryl methyl sites for hydroxylation is 2. The number of hydrogen-bond donors (Lipinski definition) is 1. The van der Waals surface area contributed by atoms with E-state index in [1.807, 2.05) is 17.5 Å². The molecule has 1 aliphatic heterocycles. The summed E-state index contributed by atoms with van der Waals surface area (Å²) >= 11 is 1.62. The molecule has 136 valence electrons. The minimum Gasteiger partial charge on any atom is -0.383 e. The molecule has 0 spiro atoms. The van der Waals surface area contributed by atoms with Crippen molar-refractivity contribution < 1.29 is 0 Å². The summed E-state index contributed by atoms with van der Waals surface area (Å²) < 4.78 is 2.44. The molecule has 5 heteroatoms. The van der Waals surface area contributed by atoms with Crippen molar-refractivity contribution in [3.05, 3.63) is 52.3 Å². The smallest absolute Gasteiger partial charge is 0.141 e. The molecule has 0 amide bonds. The van der Waals surface area contributed by atoms with Gasteiger partial charge in [-0.3, -0.25) is 0 Å². The van der Waals surface area contributed by atoms with E-state index in [1.165, 1.54) is 42.4 Å². The third kappa shape index (κ3) is 3.41. The average Bonchev–Trinajstić information content (AvgIpc) is 3.33. The molecule has 1 unspecified atom stereocenters. The number of aliphatic imine (C=N–C) groups is 1. The van der Waals surface area contributed by atoms with Crippen molar-refractivity contribution in [1.82, 2.24) is 9.47 Å².